The third-order valence-electron chi connectivity index (χ3n) is 2.59. The number of nitrogens with two attached hydrogens (primary N) is 1. The fourth-order valence-electron chi connectivity index (χ4n) is 1.83. The Morgan fingerprint density at radius 2 is 1.91 bits per heavy atom. The average Bonchev–Trinajstić information content (AvgIpc) is 2.87. The van der Waals surface area contributed by atoms with Crippen molar-refractivity contribution in [2.45, 2.75) is 6.42 Å². The average molecular weight is 305 g/mol. The minimum absolute atomic E-state index is 0. The third-order valence-corrected chi connectivity index (χ3v) is 2.59. The monoisotopic (exact) mass is 305 g/mol. The van der Waals surface area contributed by atoms with Crippen LogP contribution in [0.3, 0.4) is 0 Å². The molecule has 1 aromatic carbocycles. The molecule has 10 heteroatoms. The van der Waals surface area contributed by atoms with Gasteiger partial charge in [0.15, 0.2) is 5.65 Å². The first-order chi connectivity index (χ1) is 10.1. The Hall–Kier alpha value is -3.27. The first-order valence-electron chi connectivity index (χ1n) is 5.89. The molecule has 0 saturated carbocycles. The van der Waals surface area contributed by atoms with E-state index in [1.165, 1.54) is 5.56 Å². The Balaban J connectivity index is 0.000000436. The topological polar surface area (TPSA) is 179 Å². The van der Waals surface area contributed by atoms with Gasteiger partial charge < -0.3 is 22.1 Å². The summed E-state index contributed by atoms with van der Waals surface area (Å²) < 4.78 is 0. The zero-order valence-corrected chi connectivity index (χ0v) is 11.5. The summed E-state index contributed by atoms with van der Waals surface area (Å²) >= 11 is 0. The number of anilines is 1. The van der Waals surface area contributed by atoms with Crippen molar-refractivity contribution in [3.63, 3.8) is 0 Å². The second kappa shape index (κ2) is 7.50. The summed E-state index contributed by atoms with van der Waals surface area (Å²) in [5, 5.41) is 13.6. The highest BCUT2D eigenvalue weighted by atomic mass is 16.9. The molecule has 0 fully saturated rings. The van der Waals surface area contributed by atoms with E-state index in [2.05, 4.69) is 32.1 Å². The lowest BCUT2D eigenvalue weighted by molar-refractivity contribution is -0.742. The molecule has 22 heavy (non-hydrogen) atoms. The van der Waals surface area contributed by atoms with Crippen molar-refractivity contribution < 1.29 is 10.3 Å². The van der Waals surface area contributed by atoms with E-state index in [-0.39, 0.29) is 12.1 Å². The number of H-pyrrole nitrogens is 1. The van der Waals surface area contributed by atoms with Gasteiger partial charge in [-0.2, -0.15) is 4.98 Å². The molecule has 3 rings (SSSR count). The smallest absolute Gasteiger partial charge is 0.291 e. The van der Waals surface area contributed by atoms with E-state index in [0.717, 1.165) is 11.2 Å². The molecule has 0 aliphatic carbocycles. The van der Waals surface area contributed by atoms with E-state index >= 15 is 0 Å². The van der Waals surface area contributed by atoms with Gasteiger partial charge in [-0.3, -0.25) is 0 Å². The number of nitrogens with one attached hydrogen (secondary N) is 1. The van der Waals surface area contributed by atoms with Crippen molar-refractivity contribution in [2.24, 2.45) is 0 Å². The number of fused-ring (bicyclic) bond motifs is 1. The van der Waals surface area contributed by atoms with Crippen LogP contribution in [0.25, 0.3) is 11.2 Å². The number of aromatic nitrogens is 4. The molecule has 0 atom stereocenters. The lowest BCUT2D eigenvalue weighted by atomic mass is 10.1. The maximum Gasteiger partial charge on any atom is 0.291 e. The SMILES string of the molecule is N.Nc1nc(Cc2ccccc2)c2[nH]cnc2n1.O=[N+]([O-])O. The van der Waals surface area contributed by atoms with Gasteiger partial charge in [-0.15, -0.1) is 10.1 Å². The summed E-state index contributed by atoms with van der Waals surface area (Å²) in [5.41, 5.74) is 9.18. The van der Waals surface area contributed by atoms with E-state index in [0.29, 0.717) is 12.1 Å². The van der Waals surface area contributed by atoms with Crippen LogP contribution in [0.2, 0.25) is 0 Å². The molecule has 2 heterocycles. The van der Waals surface area contributed by atoms with Gasteiger partial charge >= 0.3 is 0 Å². The highest BCUT2D eigenvalue weighted by molar-refractivity contribution is 5.74. The van der Waals surface area contributed by atoms with Crippen LogP contribution in [0.5, 0.6) is 0 Å². The van der Waals surface area contributed by atoms with Gasteiger partial charge in [-0.25, -0.2) is 9.97 Å². The minimum atomic E-state index is -1.50. The minimum Gasteiger partial charge on any atom is -0.368 e. The summed E-state index contributed by atoms with van der Waals surface area (Å²) in [6, 6.07) is 10.1. The van der Waals surface area contributed by atoms with Gasteiger partial charge in [0.1, 0.15) is 5.52 Å². The molecule has 0 aliphatic heterocycles. The summed E-state index contributed by atoms with van der Waals surface area (Å²) in [6.45, 7) is 0. The highest BCUT2D eigenvalue weighted by Crippen LogP contribution is 2.16. The van der Waals surface area contributed by atoms with E-state index < -0.39 is 5.09 Å². The Bertz CT molecular complexity index is 741. The lowest BCUT2D eigenvalue weighted by Gasteiger charge is -2.03. The number of nitrogens with zero attached hydrogens (tertiary/aromatic N) is 4. The van der Waals surface area contributed by atoms with Crippen LogP contribution in [0.1, 0.15) is 11.3 Å². The van der Waals surface area contributed by atoms with Crippen molar-refractivity contribution in [1.82, 2.24) is 26.1 Å². The molecule has 0 bridgehead atoms. The molecule has 0 saturated heterocycles. The number of hydrogen-bond donors (Lipinski definition) is 4. The van der Waals surface area contributed by atoms with Crippen LogP contribution in [-0.4, -0.2) is 30.2 Å². The Morgan fingerprint density at radius 1 is 1.27 bits per heavy atom. The fraction of sp³-hybridized carbons (Fsp3) is 0.0833. The Kier molecular flexibility index (Phi) is 5.72. The molecule has 116 valence electrons. The van der Waals surface area contributed by atoms with Gasteiger partial charge in [0.2, 0.25) is 5.95 Å². The quantitative estimate of drug-likeness (QED) is 0.404. The van der Waals surface area contributed by atoms with Crippen molar-refractivity contribution in [2.75, 3.05) is 5.73 Å². The fourth-order valence-corrected chi connectivity index (χ4v) is 1.83. The summed E-state index contributed by atoms with van der Waals surface area (Å²) in [5.74, 6) is 0.260. The molecular weight excluding hydrogens is 290 g/mol. The maximum atomic E-state index is 8.36. The largest absolute Gasteiger partial charge is 0.368 e. The molecule has 7 N–H and O–H groups in total. The molecule has 0 aliphatic rings. The molecule has 3 aromatic rings. The van der Waals surface area contributed by atoms with Crippen LogP contribution in [0.15, 0.2) is 36.7 Å². The number of imidazole rings is 1. The van der Waals surface area contributed by atoms with E-state index in [4.69, 9.17) is 21.1 Å². The van der Waals surface area contributed by atoms with Crippen LogP contribution in [0, 0.1) is 10.1 Å². The predicted octanol–water partition coefficient (Wildman–Crippen LogP) is 1.34. The normalized spacial score (nSPS) is 9.45. The second-order valence-electron chi connectivity index (χ2n) is 4.03. The van der Waals surface area contributed by atoms with Gasteiger partial charge in [0, 0.05) is 6.42 Å². The first kappa shape index (κ1) is 16.8. The summed E-state index contributed by atoms with van der Waals surface area (Å²) in [6.07, 6.45) is 2.32. The van der Waals surface area contributed by atoms with Crippen molar-refractivity contribution in [3.05, 3.63) is 58.0 Å². The first-order valence-corrected chi connectivity index (χ1v) is 5.89. The molecular formula is C12H15N7O3. The van der Waals surface area contributed by atoms with Crippen LogP contribution in [-0.2, 0) is 6.42 Å². The lowest BCUT2D eigenvalue weighted by Crippen LogP contribution is -2.01. The van der Waals surface area contributed by atoms with Gasteiger partial charge in [0.05, 0.1) is 12.0 Å². The predicted molar refractivity (Wildman–Crippen MR) is 79.1 cm³/mol. The van der Waals surface area contributed by atoms with Gasteiger partial charge in [-0.05, 0) is 5.56 Å². The zero-order chi connectivity index (χ0) is 15.2. The molecule has 10 nitrogen and oxygen atoms in total. The van der Waals surface area contributed by atoms with E-state index in [9.17, 15) is 0 Å². The highest BCUT2D eigenvalue weighted by Gasteiger charge is 2.08. The third kappa shape index (κ3) is 4.38. The number of rotatable bonds is 2. The molecule has 0 unspecified atom stereocenters. The molecule has 0 amide bonds. The standard InChI is InChI=1S/C12H11N5.HNO3.H3N/c13-12-16-9(6-8-4-2-1-3-5-8)10-11(17-12)15-7-14-10;2-1(3)4;/h1-5,7H,6H2,(H3,13,14,15,16,17);(H,2,3,4);1H3. The Labute approximate surface area is 124 Å². The van der Waals surface area contributed by atoms with Crippen LogP contribution < -0.4 is 11.9 Å². The molecule has 0 radical (unpaired) electrons. The summed E-state index contributed by atoms with van der Waals surface area (Å²) in [7, 11) is 0. The second-order valence-corrected chi connectivity index (χ2v) is 4.03. The van der Waals surface area contributed by atoms with E-state index in [1.54, 1.807) is 6.33 Å². The molecule has 0 spiro atoms. The van der Waals surface area contributed by atoms with Crippen LogP contribution >= 0.6 is 0 Å². The molecule has 2 aromatic heterocycles. The van der Waals surface area contributed by atoms with Crippen molar-refractivity contribution in [3.8, 4) is 0 Å². The zero-order valence-electron chi connectivity index (χ0n) is 11.5. The number of aromatic amines is 1. The van der Waals surface area contributed by atoms with Gasteiger partial charge in [-0.1, -0.05) is 30.3 Å². The van der Waals surface area contributed by atoms with Crippen LogP contribution in [0.4, 0.5) is 5.95 Å². The number of hydrogen-bond acceptors (Lipinski definition) is 7. The Morgan fingerprint density at radius 3 is 2.55 bits per heavy atom. The number of nitrogen functional groups attached to an aromatic ring is 1. The number of benzene rings is 1. The van der Waals surface area contributed by atoms with E-state index in [1.807, 2.05) is 18.2 Å². The van der Waals surface area contributed by atoms with Crippen molar-refractivity contribution in [1.29, 1.82) is 0 Å². The maximum absolute atomic E-state index is 8.36. The summed E-state index contributed by atoms with van der Waals surface area (Å²) in [4.78, 5) is 23.8. The van der Waals surface area contributed by atoms with Gasteiger partial charge in [0.25, 0.3) is 5.09 Å². The van der Waals surface area contributed by atoms with Crippen molar-refractivity contribution >= 4 is 17.1 Å².